The smallest absolute Gasteiger partial charge is 0.255 e. The minimum atomic E-state index is -0.236. The predicted octanol–water partition coefficient (Wildman–Crippen LogP) is 2.63. The zero-order valence-corrected chi connectivity index (χ0v) is 12.1. The molecule has 1 N–H and O–H groups in total. The third-order valence-electron chi connectivity index (χ3n) is 3.16. The van der Waals surface area contributed by atoms with Gasteiger partial charge in [0, 0.05) is 17.1 Å². The third-order valence-corrected chi connectivity index (χ3v) is 4.40. The molecule has 2 aromatic rings. The van der Waals surface area contributed by atoms with E-state index in [1.807, 2.05) is 31.3 Å². The molecule has 2 rings (SSSR count). The first kappa shape index (κ1) is 13.1. The van der Waals surface area contributed by atoms with Gasteiger partial charge in [-0.1, -0.05) is 28.9 Å². The average Bonchev–Trinajstić information content (AvgIpc) is 2.82. The molecule has 0 aliphatic heterocycles. The molecule has 1 unspecified atom stereocenters. The SMILES string of the molecule is CCC(C)(CBr)NC(=O)c1cnn2ccccc12. The van der Waals surface area contributed by atoms with Gasteiger partial charge in [-0.25, -0.2) is 4.52 Å². The first-order chi connectivity index (χ1) is 8.59. The number of alkyl halides is 1. The number of fused-ring (bicyclic) bond motifs is 1. The molecule has 1 amide bonds. The Morgan fingerprint density at radius 2 is 2.33 bits per heavy atom. The lowest BCUT2D eigenvalue weighted by Crippen LogP contribution is -2.46. The molecule has 2 heterocycles. The second-order valence-electron chi connectivity index (χ2n) is 4.59. The molecule has 0 saturated carbocycles. The van der Waals surface area contributed by atoms with Gasteiger partial charge in [-0.15, -0.1) is 0 Å². The van der Waals surface area contributed by atoms with Crippen LogP contribution in [0.25, 0.3) is 5.52 Å². The lowest BCUT2D eigenvalue weighted by molar-refractivity contribution is 0.0915. The molecule has 4 nitrogen and oxygen atoms in total. The van der Waals surface area contributed by atoms with Gasteiger partial charge in [-0.2, -0.15) is 5.10 Å². The number of nitrogens with zero attached hydrogens (tertiary/aromatic N) is 2. The molecule has 0 spiro atoms. The number of carbonyl (C=O) groups excluding carboxylic acids is 1. The molecule has 0 fully saturated rings. The molecule has 18 heavy (non-hydrogen) atoms. The lowest BCUT2D eigenvalue weighted by atomic mass is 10.0. The van der Waals surface area contributed by atoms with Crippen LogP contribution in [0.3, 0.4) is 0 Å². The summed E-state index contributed by atoms with van der Waals surface area (Å²) in [6, 6.07) is 5.67. The van der Waals surface area contributed by atoms with Crippen molar-refractivity contribution in [1.29, 1.82) is 0 Å². The van der Waals surface area contributed by atoms with Crippen LogP contribution >= 0.6 is 15.9 Å². The van der Waals surface area contributed by atoms with Crippen LogP contribution in [-0.2, 0) is 0 Å². The van der Waals surface area contributed by atoms with Crippen molar-refractivity contribution in [1.82, 2.24) is 14.9 Å². The number of pyridine rings is 1. The fourth-order valence-electron chi connectivity index (χ4n) is 1.67. The van der Waals surface area contributed by atoms with Crippen molar-refractivity contribution >= 4 is 27.4 Å². The first-order valence-electron chi connectivity index (χ1n) is 5.90. The maximum absolute atomic E-state index is 12.3. The Morgan fingerprint density at radius 1 is 1.56 bits per heavy atom. The second kappa shape index (κ2) is 5.10. The van der Waals surface area contributed by atoms with E-state index < -0.39 is 0 Å². The molecular weight excluding hydrogens is 294 g/mol. The summed E-state index contributed by atoms with van der Waals surface area (Å²) in [7, 11) is 0. The van der Waals surface area contributed by atoms with E-state index in [0.717, 1.165) is 17.3 Å². The van der Waals surface area contributed by atoms with Gasteiger partial charge < -0.3 is 5.32 Å². The van der Waals surface area contributed by atoms with Crippen LogP contribution < -0.4 is 5.32 Å². The van der Waals surface area contributed by atoms with Crippen LogP contribution in [0.2, 0.25) is 0 Å². The zero-order chi connectivity index (χ0) is 13.2. The van der Waals surface area contributed by atoms with Gasteiger partial charge in [-0.05, 0) is 25.5 Å². The van der Waals surface area contributed by atoms with Crippen molar-refractivity contribution in [3.63, 3.8) is 0 Å². The maximum Gasteiger partial charge on any atom is 0.255 e. The van der Waals surface area contributed by atoms with E-state index in [1.54, 1.807) is 10.7 Å². The summed E-state index contributed by atoms with van der Waals surface area (Å²) in [5.74, 6) is -0.0833. The molecule has 2 aromatic heterocycles. The quantitative estimate of drug-likeness (QED) is 0.883. The minimum absolute atomic E-state index is 0.0833. The molecule has 0 saturated heterocycles. The second-order valence-corrected chi connectivity index (χ2v) is 5.15. The van der Waals surface area contributed by atoms with Gasteiger partial charge in [0.15, 0.2) is 0 Å². The summed E-state index contributed by atoms with van der Waals surface area (Å²) < 4.78 is 1.70. The van der Waals surface area contributed by atoms with Gasteiger partial charge in [-0.3, -0.25) is 4.79 Å². The number of halogens is 1. The summed E-state index contributed by atoms with van der Waals surface area (Å²) >= 11 is 3.44. The number of hydrogen-bond acceptors (Lipinski definition) is 2. The molecule has 1 atom stereocenters. The summed E-state index contributed by atoms with van der Waals surface area (Å²) in [5, 5.41) is 7.94. The minimum Gasteiger partial charge on any atom is -0.346 e. The van der Waals surface area contributed by atoms with E-state index >= 15 is 0 Å². The van der Waals surface area contributed by atoms with Crippen LogP contribution in [0.5, 0.6) is 0 Å². The highest BCUT2D eigenvalue weighted by Gasteiger charge is 2.24. The first-order valence-corrected chi connectivity index (χ1v) is 7.02. The maximum atomic E-state index is 12.3. The average molecular weight is 310 g/mol. The van der Waals surface area contributed by atoms with Crippen LogP contribution in [-0.4, -0.2) is 26.4 Å². The number of hydrogen-bond donors (Lipinski definition) is 1. The fraction of sp³-hybridized carbons (Fsp3) is 0.385. The Bertz CT molecular complexity index is 560. The van der Waals surface area contributed by atoms with Gasteiger partial charge >= 0.3 is 0 Å². The highest BCUT2D eigenvalue weighted by molar-refractivity contribution is 9.09. The third kappa shape index (κ3) is 2.41. The molecule has 0 aliphatic carbocycles. The summed E-state index contributed by atoms with van der Waals surface area (Å²) in [5.41, 5.74) is 1.19. The van der Waals surface area contributed by atoms with Crippen molar-refractivity contribution in [2.75, 3.05) is 5.33 Å². The van der Waals surface area contributed by atoms with Crippen LogP contribution in [0.1, 0.15) is 30.6 Å². The number of aromatic nitrogens is 2. The molecule has 0 radical (unpaired) electrons. The van der Waals surface area contributed by atoms with Crippen molar-refractivity contribution in [3.8, 4) is 0 Å². The standard InChI is InChI=1S/C13H16BrN3O/c1-3-13(2,9-14)16-12(18)10-8-15-17-7-5-4-6-11(10)17/h4-8H,3,9H2,1-2H3,(H,16,18). The van der Waals surface area contributed by atoms with Crippen LogP contribution in [0.15, 0.2) is 30.6 Å². The predicted molar refractivity (Wildman–Crippen MR) is 75.1 cm³/mol. The van der Waals surface area contributed by atoms with Crippen molar-refractivity contribution in [2.24, 2.45) is 0 Å². The monoisotopic (exact) mass is 309 g/mol. The largest absolute Gasteiger partial charge is 0.346 e. The van der Waals surface area contributed by atoms with E-state index in [-0.39, 0.29) is 11.4 Å². The van der Waals surface area contributed by atoms with Crippen LogP contribution in [0.4, 0.5) is 0 Å². The molecule has 0 bridgehead atoms. The Labute approximate surface area is 115 Å². The van der Waals surface area contributed by atoms with Crippen LogP contribution in [0, 0.1) is 0 Å². The van der Waals surface area contributed by atoms with E-state index in [9.17, 15) is 4.79 Å². The molecule has 0 aromatic carbocycles. The van der Waals surface area contributed by atoms with E-state index in [0.29, 0.717) is 5.56 Å². The molecule has 96 valence electrons. The Hall–Kier alpha value is -1.36. The molecule has 5 heteroatoms. The van der Waals surface area contributed by atoms with Crippen molar-refractivity contribution in [3.05, 3.63) is 36.2 Å². The highest BCUT2D eigenvalue weighted by atomic mass is 79.9. The van der Waals surface area contributed by atoms with Crippen molar-refractivity contribution in [2.45, 2.75) is 25.8 Å². The lowest BCUT2D eigenvalue weighted by Gasteiger charge is -2.27. The highest BCUT2D eigenvalue weighted by Crippen LogP contribution is 2.16. The van der Waals surface area contributed by atoms with Gasteiger partial charge in [0.05, 0.1) is 17.3 Å². The Kier molecular flexibility index (Phi) is 3.71. The zero-order valence-electron chi connectivity index (χ0n) is 10.5. The van der Waals surface area contributed by atoms with Gasteiger partial charge in [0.2, 0.25) is 0 Å². The van der Waals surface area contributed by atoms with Crippen molar-refractivity contribution < 1.29 is 4.79 Å². The number of carbonyl (C=O) groups is 1. The summed E-state index contributed by atoms with van der Waals surface area (Å²) in [6.07, 6.45) is 4.30. The topological polar surface area (TPSA) is 46.4 Å². The molecule has 0 aliphatic rings. The molecular formula is C13H16BrN3O. The Morgan fingerprint density at radius 3 is 3.00 bits per heavy atom. The van der Waals surface area contributed by atoms with E-state index in [4.69, 9.17) is 0 Å². The van der Waals surface area contributed by atoms with E-state index in [1.165, 1.54) is 0 Å². The fourth-order valence-corrected chi connectivity index (χ4v) is 2.20. The normalized spacial score (nSPS) is 14.4. The number of amides is 1. The van der Waals surface area contributed by atoms with Gasteiger partial charge in [0.25, 0.3) is 5.91 Å². The number of nitrogens with one attached hydrogen (secondary N) is 1. The summed E-state index contributed by atoms with van der Waals surface area (Å²) in [4.78, 5) is 12.3. The number of rotatable bonds is 4. The van der Waals surface area contributed by atoms with E-state index in [2.05, 4.69) is 33.3 Å². The van der Waals surface area contributed by atoms with Gasteiger partial charge in [0.1, 0.15) is 0 Å². The Balaban J connectivity index is 2.29. The summed E-state index contributed by atoms with van der Waals surface area (Å²) in [6.45, 7) is 4.07.